The Morgan fingerprint density at radius 3 is 2.61 bits per heavy atom. The molecule has 1 heterocycles. The molecule has 2 aromatic rings. The first-order chi connectivity index (χ1) is 8.66. The van der Waals surface area contributed by atoms with Crippen molar-refractivity contribution < 1.29 is 13.5 Å². The quantitative estimate of drug-likeness (QED) is 0.861. The van der Waals surface area contributed by atoms with Gasteiger partial charge in [0.05, 0.1) is 4.90 Å². The van der Waals surface area contributed by atoms with E-state index in [-0.39, 0.29) is 0 Å². The van der Waals surface area contributed by atoms with Crippen molar-refractivity contribution in [2.45, 2.75) is 18.4 Å². The zero-order chi connectivity index (χ0) is 13.0. The number of benzene rings is 1. The monoisotopic (exact) mass is 263 g/mol. The van der Waals surface area contributed by atoms with E-state index in [4.69, 9.17) is 9.29 Å². The van der Waals surface area contributed by atoms with Crippen molar-refractivity contribution in [3.8, 4) is 5.75 Å². The van der Waals surface area contributed by atoms with Gasteiger partial charge in [0, 0.05) is 17.5 Å². The topological polar surface area (TPSA) is 59.4 Å². The summed E-state index contributed by atoms with van der Waals surface area (Å²) in [7, 11) is 0. The summed E-state index contributed by atoms with van der Waals surface area (Å²) < 4.78 is 25.3. The van der Waals surface area contributed by atoms with Gasteiger partial charge in [-0.1, -0.05) is 6.07 Å². The highest BCUT2D eigenvalue weighted by Crippen LogP contribution is 2.16. The van der Waals surface area contributed by atoms with Crippen molar-refractivity contribution in [1.29, 1.82) is 0 Å². The molecule has 0 fully saturated rings. The molecule has 0 aliphatic rings. The summed E-state index contributed by atoms with van der Waals surface area (Å²) in [6, 6.07) is 10.3. The number of hydrogen-bond donors (Lipinski definition) is 1. The molecule has 4 nitrogen and oxygen atoms in total. The highest BCUT2D eigenvalue weighted by Gasteiger charge is 2.02. The van der Waals surface area contributed by atoms with E-state index in [0.29, 0.717) is 17.3 Å². The van der Waals surface area contributed by atoms with Crippen LogP contribution in [-0.2, 0) is 17.7 Å². The predicted octanol–water partition coefficient (Wildman–Crippen LogP) is 2.55. The maximum Gasteiger partial charge on any atom is 0.186 e. The van der Waals surface area contributed by atoms with Crippen LogP contribution >= 0.6 is 0 Å². The van der Waals surface area contributed by atoms with Crippen LogP contribution in [0.25, 0.3) is 0 Å². The molecule has 0 amide bonds. The molecule has 0 radical (unpaired) electrons. The van der Waals surface area contributed by atoms with Crippen LogP contribution in [0.3, 0.4) is 0 Å². The third kappa shape index (κ3) is 3.15. The van der Waals surface area contributed by atoms with Gasteiger partial charge in [0.2, 0.25) is 0 Å². The first-order valence-corrected chi connectivity index (χ1v) is 6.51. The van der Waals surface area contributed by atoms with Gasteiger partial charge >= 0.3 is 0 Å². The van der Waals surface area contributed by atoms with Crippen molar-refractivity contribution >= 4 is 11.1 Å². The fourth-order valence-electron chi connectivity index (χ4n) is 1.48. The van der Waals surface area contributed by atoms with E-state index >= 15 is 0 Å². The number of pyridine rings is 1. The van der Waals surface area contributed by atoms with Gasteiger partial charge in [-0.25, -0.2) is 4.21 Å². The van der Waals surface area contributed by atoms with Gasteiger partial charge in [0.1, 0.15) is 12.4 Å². The van der Waals surface area contributed by atoms with E-state index < -0.39 is 11.1 Å². The van der Waals surface area contributed by atoms with Gasteiger partial charge in [-0.15, -0.1) is 0 Å². The average Bonchev–Trinajstić information content (AvgIpc) is 2.38. The van der Waals surface area contributed by atoms with E-state index in [0.717, 1.165) is 11.3 Å². The van der Waals surface area contributed by atoms with Gasteiger partial charge in [-0.3, -0.25) is 4.98 Å². The van der Waals surface area contributed by atoms with Crippen LogP contribution in [0.2, 0.25) is 0 Å². The van der Waals surface area contributed by atoms with Gasteiger partial charge in [0.15, 0.2) is 11.1 Å². The highest BCUT2D eigenvalue weighted by atomic mass is 32.2. The fraction of sp³-hybridized carbons (Fsp3) is 0.154. The molecule has 2 rings (SSSR count). The lowest BCUT2D eigenvalue weighted by Crippen LogP contribution is -1.99. The molecule has 0 saturated heterocycles. The second-order valence-corrected chi connectivity index (χ2v) is 4.73. The molecule has 1 aromatic heterocycles. The standard InChI is InChI=1S/C13H13NO3S/c1-10-11(3-2-8-14-10)9-17-12-4-6-13(7-5-12)18(15)16/h2-8H,9H2,1H3,(H,15,16). The molecular formula is C13H13NO3S. The van der Waals surface area contributed by atoms with Crippen LogP contribution in [-0.4, -0.2) is 13.7 Å². The summed E-state index contributed by atoms with van der Waals surface area (Å²) in [6.07, 6.45) is 1.74. The lowest BCUT2D eigenvalue weighted by molar-refractivity contribution is 0.304. The summed E-state index contributed by atoms with van der Waals surface area (Å²) in [6.45, 7) is 2.36. The Balaban J connectivity index is 2.02. The summed E-state index contributed by atoms with van der Waals surface area (Å²) in [4.78, 5) is 4.54. The predicted molar refractivity (Wildman–Crippen MR) is 68.8 cm³/mol. The summed E-state index contributed by atoms with van der Waals surface area (Å²) in [5.74, 6) is 0.660. The Kier molecular flexibility index (Phi) is 4.07. The van der Waals surface area contributed by atoms with Crippen LogP contribution in [0.1, 0.15) is 11.3 Å². The zero-order valence-electron chi connectivity index (χ0n) is 9.87. The number of aryl methyl sites for hydroxylation is 1. The maximum absolute atomic E-state index is 10.8. The molecule has 0 saturated carbocycles. The Morgan fingerprint density at radius 1 is 1.28 bits per heavy atom. The summed E-state index contributed by atoms with van der Waals surface area (Å²) >= 11 is -1.95. The molecule has 94 valence electrons. The van der Waals surface area contributed by atoms with Gasteiger partial charge in [-0.05, 0) is 37.3 Å². The molecule has 0 bridgehead atoms. The number of nitrogens with zero attached hydrogens (tertiary/aromatic N) is 1. The van der Waals surface area contributed by atoms with E-state index in [1.165, 1.54) is 0 Å². The minimum atomic E-state index is -1.95. The number of aromatic nitrogens is 1. The van der Waals surface area contributed by atoms with Crippen molar-refractivity contribution in [3.63, 3.8) is 0 Å². The van der Waals surface area contributed by atoms with Crippen LogP contribution in [0.4, 0.5) is 0 Å². The molecule has 5 heteroatoms. The molecular weight excluding hydrogens is 250 g/mol. The minimum Gasteiger partial charge on any atom is -0.489 e. The third-order valence-electron chi connectivity index (χ3n) is 2.54. The van der Waals surface area contributed by atoms with Crippen molar-refractivity contribution in [2.75, 3.05) is 0 Å². The summed E-state index contributed by atoms with van der Waals surface area (Å²) in [5.41, 5.74) is 1.96. The number of ether oxygens (including phenoxy) is 1. The van der Waals surface area contributed by atoms with Gasteiger partial charge < -0.3 is 9.29 Å². The first-order valence-electron chi connectivity index (χ1n) is 5.41. The van der Waals surface area contributed by atoms with E-state index in [1.807, 2.05) is 19.1 Å². The lowest BCUT2D eigenvalue weighted by Gasteiger charge is -2.08. The smallest absolute Gasteiger partial charge is 0.186 e. The second-order valence-electron chi connectivity index (χ2n) is 3.76. The molecule has 0 spiro atoms. The Labute approximate surface area is 108 Å². The lowest BCUT2D eigenvalue weighted by atomic mass is 10.2. The highest BCUT2D eigenvalue weighted by molar-refractivity contribution is 7.79. The van der Waals surface area contributed by atoms with Crippen molar-refractivity contribution in [1.82, 2.24) is 4.98 Å². The fourth-order valence-corrected chi connectivity index (χ4v) is 1.85. The third-order valence-corrected chi connectivity index (χ3v) is 3.21. The van der Waals surface area contributed by atoms with E-state index in [2.05, 4.69) is 4.98 Å². The second kappa shape index (κ2) is 5.75. The van der Waals surface area contributed by atoms with Crippen molar-refractivity contribution in [3.05, 3.63) is 53.9 Å². The van der Waals surface area contributed by atoms with E-state index in [1.54, 1.807) is 30.5 Å². The average molecular weight is 263 g/mol. The zero-order valence-corrected chi connectivity index (χ0v) is 10.7. The molecule has 0 aliphatic heterocycles. The number of rotatable bonds is 4. The van der Waals surface area contributed by atoms with Crippen LogP contribution in [0.5, 0.6) is 5.75 Å². The Bertz CT molecular complexity index is 554. The van der Waals surface area contributed by atoms with Crippen LogP contribution in [0.15, 0.2) is 47.5 Å². The first kappa shape index (κ1) is 12.7. The Hall–Kier alpha value is -1.72. The van der Waals surface area contributed by atoms with Crippen LogP contribution in [0, 0.1) is 6.92 Å². The van der Waals surface area contributed by atoms with Gasteiger partial charge in [-0.2, -0.15) is 0 Å². The van der Waals surface area contributed by atoms with Crippen molar-refractivity contribution in [2.24, 2.45) is 0 Å². The molecule has 1 N–H and O–H groups in total. The molecule has 1 atom stereocenters. The van der Waals surface area contributed by atoms with E-state index in [9.17, 15) is 4.21 Å². The molecule has 0 aliphatic carbocycles. The molecule has 1 aromatic carbocycles. The largest absolute Gasteiger partial charge is 0.489 e. The maximum atomic E-state index is 10.8. The summed E-state index contributed by atoms with van der Waals surface area (Å²) in [5, 5.41) is 0. The van der Waals surface area contributed by atoms with Gasteiger partial charge in [0.25, 0.3) is 0 Å². The molecule has 18 heavy (non-hydrogen) atoms. The van der Waals surface area contributed by atoms with Crippen LogP contribution < -0.4 is 4.74 Å². The SMILES string of the molecule is Cc1ncccc1COc1ccc(S(=O)O)cc1. The molecule has 1 unspecified atom stereocenters. The number of hydrogen-bond acceptors (Lipinski definition) is 3. The Morgan fingerprint density at radius 2 is 2.00 bits per heavy atom. The normalized spacial score (nSPS) is 12.1. The minimum absolute atomic E-state index is 0.361.